The summed E-state index contributed by atoms with van der Waals surface area (Å²) in [5, 5.41) is 38.1. The Kier molecular flexibility index (Phi) is 6.41. The number of rotatable bonds is 6. The van der Waals surface area contributed by atoms with Crippen molar-refractivity contribution in [2.75, 3.05) is 17.2 Å². The number of aliphatic hydroxyl groups excluding tert-OH is 3. The number of benzene rings is 1. The maximum atomic E-state index is 10.6. The van der Waals surface area contributed by atoms with Crippen molar-refractivity contribution in [2.24, 2.45) is 5.92 Å². The lowest BCUT2D eigenvalue weighted by Gasteiger charge is -2.21. The second kappa shape index (κ2) is 9.50. The van der Waals surface area contributed by atoms with Crippen LogP contribution in [0.1, 0.15) is 23.4 Å². The first-order chi connectivity index (χ1) is 16.8. The number of aryl methyl sites for hydroxylation is 3. The number of thiazole rings is 1. The quantitative estimate of drug-likeness (QED) is 0.275. The summed E-state index contributed by atoms with van der Waals surface area (Å²) in [7, 11) is 0. The third kappa shape index (κ3) is 4.72. The molecule has 0 bridgehead atoms. The van der Waals surface area contributed by atoms with E-state index in [1.165, 1.54) is 0 Å². The summed E-state index contributed by atoms with van der Waals surface area (Å²) < 4.78 is 1.12. The molecule has 4 atom stereocenters. The maximum Gasteiger partial charge on any atom is 0.132 e. The molecular formula is C26H29N5O3S. The zero-order chi connectivity index (χ0) is 24.7. The van der Waals surface area contributed by atoms with Gasteiger partial charge in [-0.05, 0) is 51.0 Å². The number of nitrogens with zero attached hydrogens (tertiary/aromatic N) is 3. The molecule has 1 saturated carbocycles. The molecule has 0 radical (unpaired) electrons. The molecule has 182 valence electrons. The van der Waals surface area contributed by atoms with E-state index >= 15 is 0 Å². The van der Waals surface area contributed by atoms with Gasteiger partial charge in [0.1, 0.15) is 16.9 Å². The molecule has 35 heavy (non-hydrogen) atoms. The van der Waals surface area contributed by atoms with Gasteiger partial charge in [0.25, 0.3) is 0 Å². The Morgan fingerprint density at radius 3 is 2.49 bits per heavy atom. The van der Waals surface area contributed by atoms with Crippen molar-refractivity contribution in [1.82, 2.24) is 15.0 Å². The van der Waals surface area contributed by atoms with E-state index in [0.29, 0.717) is 12.2 Å². The van der Waals surface area contributed by atoms with Gasteiger partial charge in [-0.2, -0.15) is 0 Å². The minimum Gasteiger partial charge on any atom is -0.396 e. The standard InChI is InChI=1S/C26H29N5O3S/c1-13-5-4-6-19-25(13)35-26(31-19)18-11-27-22(29-17-7-14(2)28-15(3)8-17)10-20(18)30-21-9-16(12-32)23(33)24(21)34/h4-8,10-11,16,21,23-24,32-34H,9,12H2,1-3H3,(H2,27,28,29,30). The van der Waals surface area contributed by atoms with Crippen LogP contribution in [0.5, 0.6) is 0 Å². The van der Waals surface area contributed by atoms with Gasteiger partial charge in [0.15, 0.2) is 0 Å². The van der Waals surface area contributed by atoms with Crippen LogP contribution in [0.25, 0.3) is 20.8 Å². The van der Waals surface area contributed by atoms with Crippen LogP contribution >= 0.6 is 11.3 Å². The van der Waals surface area contributed by atoms with Gasteiger partial charge in [-0.25, -0.2) is 9.97 Å². The van der Waals surface area contributed by atoms with Crippen LogP contribution in [-0.4, -0.2) is 55.1 Å². The SMILES string of the molecule is Cc1cc(Nc2cc(NC3CC(CO)C(O)C3O)c(-c3nc4cccc(C)c4s3)cn2)cc(C)n1. The minimum absolute atomic E-state index is 0.176. The summed E-state index contributed by atoms with van der Waals surface area (Å²) in [6, 6.07) is 11.4. The predicted molar refractivity (Wildman–Crippen MR) is 139 cm³/mol. The van der Waals surface area contributed by atoms with Crippen molar-refractivity contribution in [1.29, 1.82) is 0 Å². The van der Waals surface area contributed by atoms with Crippen LogP contribution in [0.3, 0.4) is 0 Å². The number of aliphatic hydroxyl groups is 3. The molecule has 8 nitrogen and oxygen atoms in total. The molecule has 1 aliphatic rings. The largest absolute Gasteiger partial charge is 0.396 e. The second-order valence-corrected chi connectivity index (χ2v) is 10.2. The Labute approximate surface area is 207 Å². The Hall–Kier alpha value is -3.11. The molecule has 4 aromatic rings. The van der Waals surface area contributed by atoms with E-state index in [2.05, 4.69) is 33.6 Å². The van der Waals surface area contributed by atoms with E-state index in [1.807, 2.05) is 44.2 Å². The summed E-state index contributed by atoms with van der Waals surface area (Å²) in [6.07, 6.45) is 0.256. The van der Waals surface area contributed by atoms with Crippen molar-refractivity contribution in [3.05, 3.63) is 59.5 Å². The molecule has 3 aromatic heterocycles. The summed E-state index contributed by atoms with van der Waals surface area (Å²) in [5.41, 5.74) is 6.35. The molecule has 3 heterocycles. The summed E-state index contributed by atoms with van der Waals surface area (Å²) in [6.45, 7) is 5.78. The molecule has 1 fully saturated rings. The van der Waals surface area contributed by atoms with Crippen LogP contribution < -0.4 is 10.6 Å². The van der Waals surface area contributed by atoms with Crippen LogP contribution in [-0.2, 0) is 0 Å². The van der Waals surface area contributed by atoms with Crippen molar-refractivity contribution in [3.63, 3.8) is 0 Å². The van der Waals surface area contributed by atoms with E-state index < -0.39 is 18.2 Å². The first kappa shape index (κ1) is 23.6. The number of fused-ring (bicyclic) bond motifs is 1. The molecule has 0 aliphatic heterocycles. The number of anilines is 3. The highest BCUT2D eigenvalue weighted by atomic mass is 32.1. The fourth-order valence-electron chi connectivity index (χ4n) is 4.72. The van der Waals surface area contributed by atoms with Crippen molar-refractivity contribution in [2.45, 2.75) is 45.4 Å². The number of nitrogens with one attached hydrogen (secondary N) is 2. The average Bonchev–Trinajstić information content (AvgIpc) is 3.36. The van der Waals surface area contributed by atoms with Gasteiger partial charge in [0.05, 0.1) is 27.9 Å². The molecule has 1 aromatic carbocycles. The molecule has 5 N–H and O–H groups in total. The molecule has 1 aliphatic carbocycles. The lowest BCUT2D eigenvalue weighted by atomic mass is 10.1. The second-order valence-electron chi connectivity index (χ2n) is 9.23. The van der Waals surface area contributed by atoms with Crippen LogP contribution in [0, 0.1) is 26.7 Å². The fraction of sp³-hybridized carbons (Fsp3) is 0.346. The lowest BCUT2D eigenvalue weighted by Crippen LogP contribution is -2.35. The molecule has 5 rings (SSSR count). The van der Waals surface area contributed by atoms with E-state index in [4.69, 9.17) is 4.98 Å². The molecule has 9 heteroatoms. The number of hydrogen-bond donors (Lipinski definition) is 5. The smallest absolute Gasteiger partial charge is 0.132 e. The number of hydrogen-bond acceptors (Lipinski definition) is 9. The monoisotopic (exact) mass is 491 g/mol. The highest BCUT2D eigenvalue weighted by Crippen LogP contribution is 2.38. The highest BCUT2D eigenvalue weighted by Gasteiger charge is 2.41. The van der Waals surface area contributed by atoms with Crippen LogP contribution in [0.15, 0.2) is 42.6 Å². The normalized spacial score (nSPS) is 22.0. The van der Waals surface area contributed by atoms with Gasteiger partial charge < -0.3 is 26.0 Å². The molecule has 0 spiro atoms. The van der Waals surface area contributed by atoms with Gasteiger partial charge >= 0.3 is 0 Å². The van der Waals surface area contributed by atoms with Crippen molar-refractivity contribution >= 4 is 38.7 Å². The average molecular weight is 492 g/mol. The summed E-state index contributed by atoms with van der Waals surface area (Å²) >= 11 is 1.60. The zero-order valence-electron chi connectivity index (χ0n) is 19.9. The van der Waals surface area contributed by atoms with Gasteiger partial charge in [0, 0.05) is 47.6 Å². The first-order valence-corrected chi connectivity index (χ1v) is 12.5. The van der Waals surface area contributed by atoms with E-state index in [0.717, 1.165) is 49.1 Å². The third-order valence-corrected chi connectivity index (χ3v) is 7.72. The summed E-state index contributed by atoms with van der Waals surface area (Å²) in [4.78, 5) is 13.9. The first-order valence-electron chi connectivity index (χ1n) is 11.6. The topological polar surface area (TPSA) is 123 Å². The van der Waals surface area contributed by atoms with Gasteiger partial charge in [-0.3, -0.25) is 4.98 Å². The van der Waals surface area contributed by atoms with Gasteiger partial charge in [0.2, 0.25) is 0 Å². The molecule has 4 unspecified atom stereocenters. The van der Waals surface area contributed by atoms with Gasteiger partial charge in [-0.1, -0.05) is 12.1 Å². The lowest BCUT2D eigenvalue weighted by molar-refractivity contribution is 0.00448. The number of aromatic nitrogens is 3. The third-order valence-electron chi connectivity index (χ3n) is 6.48. The Morgan fingerprint density at radius 1 is 1.03 bits per heavy atom. The minimum atomic E-state index is -0.993. The van der Waals surface area contributed by atoms with Gasteiger partial charge in [-0.15, -0.1) is 11.3 Å². The Morgan fingerprint density at radius 2 is 1.80 bits per heavy atom. The van der Waals surface area contributed by atoms with Crippen LogP contribution in [0.4, 0.5) is 17.2 Å². The van der Waals surface area contributed by atoms with E-state index in [-0.39, 0.29) is 12.5 Å². The molecule has 0 saturated heterocycles. The maximum absolute atomic E-state index is 10.6. The van der Waals surface area contributed by atoms with E-state index in [9.17, 15) is 15.3 Å². The zero-order valence-corrected chi connectivity index (χ0v) is 20.7. The molecular weight excluding hydrogens is 462 g/mol. The van der Waals surface area contributed by atoms with Crippen molar-refractivity contribution in [3.8, 4) is 10.6 Å². The highest BCUT2D eigenvalue weighted by molar-refractivity contribution is 7.21. The fourth-order valence-corrected chi connectivity index (χ4v) is 5.78. The van der Waals surface area contributed by atoms with Crippen LogP contribution in [0.2, 0.25) is 0 Å². The summed E-state index contributed by atoms with van der Waals surface area (Å²) in [5.74, 6) is 0.253. The van der Waals surface area contributed by atoms with E-state index in [1.54, 1.807) is 17.5 Å². The Balaban J connectivity index is 1.54. The predicted octanol–water partition coefficient (Wildman–Crippen LogP) is 3.94. The van der Waals surface area contributed by atoms with Crippen molar-refractivity contribution < 1.29 is 15.3 Å². The molecule has 0 amide bonds. The Bertz CT molecular complexity index is 1350. The number of pyridine rings is 2.